The molecule has 0 spiro atoms. The van der Waals surface area contributed by atoms with Gasteiger partial charge in [0.05, 0.1) is 6.61 Å². The van der Waals surface area contributed by atoms with Gasteiger partial charge >= 0.3 is 23.0 Å². The second kappa shape index (κ2) is 57.6. The summed E-state index contributed by atoms with van der Waals surface area (Å²) in [7, 11) is 0. The van der Waals surface area contributed by atoms with Crippen LogP contribution in [-0.4, -0.2) is 67.6 Å². The number of hydrogen-bond donors (Lipinski definition) is 6. The fourth-order valence-corrected chi connectivity index (χ4v) is 0.668. The fourth-order valence-electron chi connectivity index (χ4n) is 0.668. The van der Waals surface area contributed by atoms with E-state index in [2.05, 4.69) is 0 Å². The van der Waals surface area contributed by atoms with Gasteiger partial charge in [-0.1, -0.05) is 0 Å². The van der Waals surface area contributed by atoms with Gasteiger partial charge in [-0.2, -0.15) is 0 Å². The van der Waals surface area contributed by atoms with E-state index in [1.54, 1.807) is 0 Å². The van der Waals surface area contributed by atoms with Crippen molar-refractivity contribution in [2.45, 2.75) is 24.4 Å². The van der Waals surface area contributed by atoms with Crippen LogP contribution >= 0.6 is 0 Å². The molecule has 0 rings (SSSR count). The molecule has 0 radical (unpaired) electrons. The van der Waals surface area contributed by atoms with Gasteiger partial charge in [-0.3, -0.25) is 0 Å². The molecule has 0 aromatic heterocycles. The zero-order valence-electron chi connectivity index (χ0n) is 12.6. The third-order valence-corrected chi connectivity index (χ3v) is 1.51. The van der Waals surface area contributed by atoms with Crippen LogP contribution < -0.4 is 0 Å². The molecular formula is C12H12FeN6O7. The summed E-state index contributed by atoms with van der Waals surface area (Å²) in [6.45, 7) is 27.7. The Kier molecular flexibility index (Phi) is 110. The molecule has 6 N–H and O–H groups in total. The molecule has 0 aliphatic heterocycles. The van der Waals surface area contributed by atoms with Crippen molar-refractivity contribution in [2.24, 2.45) is 0 Å². The molecule has 0 aromatic rings. The quantitative estimate of drug-likeness (QED) is 0.197. The molecule has 0 aliphatic rings. The Morgan fingerprint density at radius 2 is 0.923 bits per heavy atom. The summed E-state index contributed by atoms with van der Waals surface area (Å²) in [5.74, 6) is -1.73. The molecule has 0 aliphatic carbocycles. The first kappa shape index (κ1) is 49.5. The minimum atomic E-state index is -2.20. The van der Waals surface area contributed by atoms with Gasteiger partial charge in [0, 0.05) is 0 Å². The number of hydrogen-bond acceptors (Lipinski definition) is 12. The van der Waals surface area contributed by atoms with E-state index < -0.39 is 37.0 Å². The molecule has 14 heteroatoms. The zero-order valence-corrected chi connectivity index (χ0v) is 13.7. The summed E-state index contributed by atoms with van der Waals surface area (Å²) < 4.78 is 0. The number of carbonyl (C=O) groups is 1. The average Bonchev–Trinajstić information content (AvgIpc) is 2.74. The van der Waals surface area contributed by atoms with Crippen molar-refractivity contribution in [2.75, 3.05) is 6.61 Å². The molecule has 26 heavy (non-hydrogen) atoms. The first-order chi connectivity index (χ1) is 11.9. The number of aliphatic hydroxyl groups excluding tert-OH is 5. The van der Waals surface area contributed by atoms with Crippen LogP contribution in [0.3, 0.4) is 0 Å². The molecule has 0 aromatic carbocycles. The molecule has 0 fully saturated rings. The molecule has 0 amide bonds. The maximum Gasteiger partial charge on any atom is 6.00 e. The normalized spacial score (nSPS) is 10.7. The van der Waals surface area contributed by atoms with Crippen LogP contribution in [0.25, 0.3) is 0 Å². The van der Waals surface area contributed by atoms with Gasteiger partial charge in [0.15, 0.2) is 6.10 Å². The second-order valence-electron chi connectivity index (χ2n) is 2.51. The van der Waals surface area contributed by atoms with E-state index in [4.69, 9.17) is 102 Å². The van der Waals surface area contributed by atoms with Crippen LogP contribution in [0.15, 0.2) is 0 Å². The summed E-state index contributed by atoms with van der Waals surface area (Å²) in [4.78, 5) is 10.1. The van der Waals surface area contributed by atoms with Crippen LogP contribution in [0.1, 0.15) is 0 Å². The molecule has 4 unspecified atom stereocenters. The molecule has 13 nitrogen and oxygen atoms in total. The minimum absolute atomic E-state index is 0. The van der Waals surface area contributed by atoms with Crippen LogP contribution in [0.4, 0.5) is 0 Å². The van der Waals surface area contributed by atoms with Crippen LogP contribution in [-0.2, 0) is 21.9 Å². The smallest absolute Gasteiger partial charge is 0.512 e. The first-order valence-electron chi connectivity index (χ1n) is 4.82. The number of rotatable bonds is 5. The van der Waals surface area contributed by atoms with Gasteiger partial charge in [0.1, 0.15) is 18.3 Å². The van der Waals surface area contributed by atoms with Crippen molar-refractivity contribution in [3.05, 3.63) is 39.4 Å². The van der Waals surface area contributed by atoms with Gasteiger partial charge in [0.25, 0.3) is 0 Å². The average molecular weight is 408 g/mol. The van der Waals surface area contributed by atoms with Crippen LogP contribution in [0.2, 0.25) is 0 Å². The van der Waals surface area contributed by atoms with Crippen molar-refractivity contribution >= 4 is 5.97 Å². The van der Waals surface area contributed by atoms with Crippen molar-refractivity contribution in [3.63, 3.8) is 0 Å². The van der Waals surface area contributed by atoms with Crippen molar-refractivity contribution in [1.82, 2.24) is 0 Å². The monoisotopic (exact) mass is 408 g/mol. The predicted molar refractivity (Wildman–Crippen MR) is 68.6 cm³/mol. The maximum absolute atomic E-state index is 10.1. The topological polar surface area (TPSA) is 281 Å². The first-order valence-corrected chi connectivity index (χ1v) is 4.82. The molecule has 140 valence electrons. The fraction of sp³-hybridized carbons (Fsp3) is 0.417. The number of nitrogens with zero attached hydrogens (tertiary/aromatic N) is 6. The van der Waals surface area contributed by atoms with Crippen molar-refractivity contribution < 1.29 is 52.5 Å². The SMILES string of the molecule is O=C(O)C(O)C(O)C(O)C(O)CO.[C-]#N.[C-]#N.[C-]#N.[C-]#N.[C-]#N.[C-]#N.[Fe+6]. The third-order valence-electron chi connectivity index (χ3n) is 1.51. The van der Waals surface area contributed by atoms with E-state index in [9.17, 15) is 4.79 Å². The largest absolute Gasteiger partial charge is 6.00 e. The molecular weight excluding hydrogens is 396 g/mol. The van der Waals surface area contributed by atoms with E-state index in [0.717, 1.165) is 0 Å². The van der Waals surface area contributed by atoms with Gasteiger partial charge < -0.3 is 102 Å². The van der Waals surface area contributed by atoms with Gasteiger partial charge in [-0.05, 0) is 0 Å². The Hall–Kier alpha value is -3.27. The second-order valence-corrected chi connectivity index (χ2v) is 2.51. The van der Waals surface area contributed by atoms with E-state index in [1.165, 1.54) is 0 Å². The van der Waals surface area contributed by atoms with Crippen molar-refractivity contribution in [3.8, 4) is 0 Å². The summed E-state index contributed by atoms with van der Waals surface area (Å²) in [6, 6.07) is 0. The van der Waals surface area contributed by atoms with Crippen LogP contribution in [0.5, 0.6) is 0 Å². The molecule has 4 atom stereocenters. The van der Waals surface area contributed by atoms with E-state index in [0.29, 0.717) is 0 Å². The third kappa shape index (κ3) is 37.2. The summed E-state index contributed by atoms with van der Waals surface area (Å²) in [6.07, 6.45) is -7.84. The standard InChI is InChI=1S/C6H12O7.6CN.Fe/c7-1-2(8)3(9)4(10)5(11)6(12)13;6*1-2;/h2-5,7-11H,1H2,(H,12,13);;;;;;;/q;6*-1;+6. The molecule has 0 saturated carbocycles. The number of carboxylic acids is 1. The Balaban J connectivity index is -0.0000000352. The van der Waals surface area contributed by atoms with E-state index >= 15 is 0 Å². The Morgan fingerprint density at radius 3 is 1.08 bits per heavy atom. The summed E-state index contributed by atoms with van der Waals surface area (Å²) in [5, 5.41) is 89.3. The van der Waals surface area contributed by atoms with Gasteiger partial charge in [0.2, 0.25) is 0 Å². The maximum atomic E-state index is 10.1. The summed E-state index contributed by atoms with van der Waals surface area (Å²) >= 11 is 0. The Morgan fingerprint density at radius 1 is 0.692 bits per heavy atom. The number of carboxylic acid groups (broad SMARTS) is 1. The molecule has 0 heterocycles. The van der Waals surface area contributed by atoms with Crippen LogP contribution in [0, 0.1) is 71.0 Å². The van der Waals surface area contributed by atoms with E-state index in [-0.39, 0.29) is 17.1 Å². The van der Waals surface area contributed by atoms with Gasteiger partial charge in [-0.15, -0.1) is 0 Å². The van der Waals surface area contributed by atoms with Gasteiger partial charge in [-0.25, -0.2) is 4.79 Å². The number of aliphatic hydroxyl groups is 5. The zero-order chi connectivity index (χ0) is 22.6. The Labute approximate surface area is 161 Å². The number of aliphatic carboxylic acids is 1. The summed E-state index contributed by atoms with van der Waals surface area (Å²) in [5.41, 5.74) is 0. The van der Waals surface area contributed by atoms with E-state index in [1.807, 2.05) is 0 Å². The predicted octanol–water partition coefficient (Wildman–Crippen LogP) is -2.92. The Bertz CT molecular complexity index is 350. The minimum Gasteiger partial charge on any atom is -0.512 e. The van der Waals surface area contributed by atoms with Crippen molar-refractivity contribution in [1.29, 1.82) is 31.6 Å². The molecule has 0 bridgehead atoms. The molecule has 0 saturated heterocycles.